The highest BCUT2D eigenvalue weighted by Gasteiger charge is 2.36. The monoisotopic (exact) mass is 364 g/mol. The van der Waals surface area contributed by atoms with E-state index >= 15 is 0 Å². The molecule has 0 N–H and O–H groups in total. The second-order valence-electron chi connectivity index (χ2n) is 7.81. The topological polar surface area (TPSA) is 30.9 Å². The van der Waals surface area contributed by atoms with Crippen LogP contribution in [0.5, 0.6) is 5.75 Å². The minimum Gasteiger partial charge on any atom is -0.489 e. The van der Waals surface area contributed by atoms with E-state index in [0.29, 0.717) is 25.7 Å². The molecule has 6 rings (SSSR count). The molecule has 4 nitrogen and oxygen atoms in total. The van der Waals surface area contributed by atoms with E-state index in [-0.39, 0.29) is 6.29 Å². The van der Waals surface area contributed by atoms with Gasteiger partial charge in [-0.1, -0.05) is 36.4 Å². The number of rotatable bonds is 5. The van der Waals surface area contributed by atoms with E-state index < -0.39 is 0 Å². The van der Waals surface area contributed by atoms with Gasteiger partial charge >= 0.3 is 0 Å². The Kier molecular flexibility index (Phi) is 4.87. The molecule has 2 aromatic rings. The van der Waals surface area contributed by atoms with Crippen LogP contribution in [0.3, 0.4) is 0 Å². The summed E-state index contributed by atoms with van der Waals surface area (Å²) in [7, 11) is 0. The molecule has 0 unspecified atom stereocenters. The predicted molar refractivity (Wildman–Crippen MR) is 103 cm³/mol. The van der Waals surface area contributed by atoms with Crippen molar-refractivity contribution < 1.29 is 14.2 Å². The van der Waals surface area contributed by atoms with Crippen molar-refractivity contribution in [3.63, 3.8) is 0 Å². The Hall–Kier alpha value is -1.88. The van der Waals surface area contributed by atoms with Crippen LogP contribution in [-0.2, 0) is 16.1 Å². The molecule has 4 heteroatoms. The lowest BCUT2D eigenvalue weighted by atomic mass is 9.75. The summed E-state index contributed by atoms with van der Waals surface area (Å²) >= 11 is 0. The molecule has 4 aliphatic heterocycles. The highest BCUT2D eigenvalue weighted by Crippen LogP contribution is 2.42. The molecule has 4 fully saturated rings. The summed E-state index contributed by atoms with van der Waals surface area (Å²) in [6.45, 7) is 5.60. The zero-order chi connectivity index (χ0) is 18.1. The molecule has 2 aromatic carbocycles. The Labute approximate surface area is 161 Å². The van der Waals surface area contributed by atoms with Gasteiger partial charge in [-0.25, -0.2) is 0 Å². The van der Waals surface area contributed by atoms with Crippen molar-refractivity contribution in [3.8, 4) is 5.75 Å². The summed E-state index contributed by atoms with van der Waals surface area (Å²) in [4.78, 5) is 2.59. The van der Waals surface area contributed by atoms with Gasteiger partial charge in [0, 0.05) is 18.0 Å². The van der Waals surface area contributed by atoms with Gasteiger partial charge in [-0.15, -0.1) is 0 Å². The van der Waals surface area contributed by atoms with E-state index in [1.807, 2.05) is 12.1 Å². The van der Waals surface area contributed by atoms with Crippen LogP contribution in [0.2, 0.25) is 0 Å². The molecule has 27 heavy (non-hydrogen) atoms. The zero-order valence-electron chi connectivity index (χ0n) is 15.6. The highest BCUT2D eigenvalue weighted by atomic mass is 16.7. The minimum atomic E-state index is -0.216. The van der Waals surface area contributed by atoms with Gasteiger partial charge in [0.2, 0.25) is 0 Å². The van der Waals surface area contributed by atoms with E-state index in [1.165, 1.54) is 38.0 Å². The van der Waals surface area contributed by atoms with Gasteiger partial charge in [0.1, 0.15) is 12.4 Å². The van der Waals surface area contributed by atoms with E-state index in [2.05, 4.69) is 41.3 Å². The number of fused-ring (bicyclic) bond motifs is 3. The van der Waals surface area contributed by atoms with Gasteiger partial charge in [0.25, 0.3) is 0 Å². The van der Waals surface area contributed by atoms with Crippen LogP contribution in [0.1, 0.15) is 41.7 Å². The van der Waals surface area contributed by atoms with Crippen molar-refractivity contribution in [2.24, 2.45) is 5.92 Å². The van der Waals surface area contributed by atoms with Gasteiger partial charge in [-0.3, -0.25) is 0 Å². The smallest absolute Gasteiger partial charge is 0.184 e. The van der Waals surface area contributed by atoms with Gasteiger partial charge < -0.3 is 19.1 Å². The third kappa shape index (κ3) is 3.62. The first-order valence-electron chi connectivity index (χ1n) is 10.0. The van der Waals surface area contributed by atoms with E-state index in [9.17, 15) is 0 Å². The van der Waals surface area contributed by atoms with E-state index in [4.69, 9.17) is 14.2 Å². The van der Waals surface area contributed by atoms with Crippen molar-refractivity contribution in [3.05, 3.63) is 65.2 Å². The number of hydrogen-bond donors (Lipinski definition) is 0. The van der Waals surface area contributed by atoms with Crippen LogP contribution in [0, 0.1) is 12.0 Å². The van der Waals surface area contributed by atoms with E-state index in [1.54, 1.807) is 0 Å². The molecule has 0 saturated carbocycles. The van der Waals surface area contributed by atoms with Crippen LogP contribution in [-0.4, -0.2) is 37.7 Å². The molecule has 1 atom stereocenters. The lowest BCUT2D eigenvalue weighted by Crippen LogP contribution is -2.46. The van der Waals surface area contributed by atoms with Crippen molar-refractivity contribution >= 4 is 0 Å². The third-order valence-electron chi connectivity index (χ3n) is 6.18. The first-order chi connectivity index (χ1) is 13.4. The summed E-state index contributed by atoms with van der Waals surface area (Å²) in [5.74, 6) is 2.38. The van der Waals surface area contributed by atoms with Crippen molar-refractivity contribution in [1.82, 2.24) is 4.90 Å². The summed E-state index contributed by atoms with van der Waals surface area (Å²) < 4.78 is 17.3. The predicted octanol–water partition coefficient (Wildman–Crippen LogP) is 3.92. The maximum absolute atomic E-state index is 6.24. The van der Waals surface area contributed by atoms with Crippen molar-refractivity contribution in [2.75, 3.05) is 32.8 Å². The molecule has 4 saturated heterocycles. The van der Waals surface area contributed by atoms with Crippen molar-refractivity contribution in [2.45, 2.75) is 31.7 Å². The van der Waals surface area contributed by atoms with Crippen LogP contribution >= 0.6 is 0 Å². The number of benzene rings is 2. The number of hydrogen-bond acceptors (Lipinski definition) is 4. The lowest BCUT2D eigenvalue weighted by molar-refractivity contribution is -0.0441. The van der Waals surface area contributed by atoms with Crippen LogP contribution in [0.4, 0.5) is 0 Å². The highest BCUT2D eigenvalue weighted by molar-refractivity contribution is 5.37. The summed E-state index contributed by atoms with van der Waals surface area (Å²) in [6, 6.07) is 17.8. The van der Waals surface area contributed by atoms with E-state index in [0.717, 1.165) is 22.8 Å². The molecule has 1 radical (unpaired) electrons. The largest absolute Gasteiger partial charge is 0.489 e. The first-order valence-corrected chi connectivity index (χ1v) is 10.0. The molecule has 4 aliphatic rings. The summed E-state index contributed by atoms with van der Waals surface area (Å²) in [5, 5.41) is 0. The maximum Gasteiger partial charge on any atom is 0.184 e. The quantitative estimate of drug-likeness (QED) is 0.805. The average molecular weight is 364 g/mol. The molecule has 0 aromatic heterocycles. The molecule has 0 aliphatic carbocycles. The Morgan fingerprint density at radius 3 is 2.52 bits per heavy atom. The van der Waals surface area contributed by atoms with Gasteiger partial charge in [-0.05, 0) is 55.1 Å². The van der Waals surface area contributed by atoms with Crippen LogP contribution in [0.25, 0.3) is 0 Å². The Morgan fingerprint density at radius 1 is 1.04 bits per heavy atom. The molecular weight excluding hydrogens is 338 g/mol. The fourth-order valence-electron chi connectivity index (χ4n) is 4.66. The zero-order valence-corrected chi connectivity index (χ0v) is 15.6. The average Bonchev–Trinajstić information content (AvgIpc) is 3.29. The molecule has 4 heterocycles. The molecule has 141 valence electrons. The minimum absolute atomic E-state index is 0.216. The lowest BCUT2D eigenvalue weighted by Gasteiger charge is -2.45. The number of nitrogens with zero attached hydrogens (tertiary/aromatic N) is 1. The van der Waals surface area contributed by atoms with Gasteiger partial charge in [-0.2, -0.15) is 0 Å². The van der Waals surface area contributed by atoms with Crippen molar-refractivity contribution in [1.29, 1.82) is 0 Å². The summed E-state index contributed by atoms with van der Waals surface area (Å²) in [6.07, 6.45) is 2.41. The Bertz CT molecular complexity index is 761. The molecule has 0 spiro atoms. The fourth-order valence-corrected chi connectivity index (χ4v) is 4.66. The Morgan fingerprint density at radius 2 is 1.81 bits per heavy atom. The second kappa shape index (κ2) is 7.63. The fraction of sp³-hybridized carbons (Fsp3) is 0.478. The summed E-state index contributed by atoms with van der Waals surface area (Å²) in [5.41, 5.74) is 3.57. The molecule has 0 amide bonds. The molecular formula is C23H26NO3. The molecule has 2 bridgehead atoms. The number of ether oxygens (including phenoxy) is 3. The Balaban J connectivity index is 1.27. The third-order valence-corrected chi connectivity index (χ3v) is 6.18. The van der Waals surface area contributed by atoms with Gasteiger partial charge in [0.15, 0.2) is 6.29 Å². The van der Waals surface area contributed by atoms with Gasteiger partial charge in [0.05, 0.1) is 13.2 Å². The maximum atomic E-state index is 6.24. The first kappa shape index (κ1) is 17.2. The van der Waals surface area contributed by atoms with Crippen LogP contribution < -0.4 is 4.74 Å². The normalized spacial score (nSPS) is 27.8. The SMILES string of the molecule is [c]1ccc([C@@H]2CN3CCC2CC3)c(OCc2ccc(C3OCCO3)cc2)c1. The standard InChI is InChI=1S/C23H26NO3/c1-2-4-22(20(3-1)21-15-24-11-9-18(21)10-12-24)27-16-17-5-7-19(8-6-17)23-25-13-14-26-23/h1,3-8,18,21,23H,9-16H2/t21-/m1/s1. The second-order valence-corrected chi connectivity index (χ2v) is 7.81. The van der Waals surface area contributed by atoms with Crippen LogP contribution in [0.15, 0.2) is 42.5 Å². The number of piperidine rings is 3.